The molecule has 0 fully saturated rings. The SMILES string of the molecule is CCOC(=O)c1ccc(C2=NN(c3ccc(C#N)c(C#N)c3)C(c3ccc(F)cc3)C2)cc1. The van der Waals surface area contributed by atoms with Crippen molar-refractivity contribution in [3.63, 3.8) is 0 Å². The van der Waals surface area contributed by atoms with Gasteiger partial charge in [-0.15, -0.1) is 0 Å². The van der Waals surface area contributed by atoms with Crippen LogP contribution < -0.4 is 5.01 Å². The van der Waals surface area contributed by atoms with Gasteiger partial charge in [0.05, 0.1) is 40.7 Å². The Balaban J connectivity index is 1.72. The van der Waals surface area contributed by atoms with E-state index >= 15 is 0 Å². The van der Waals surface area contributed by atoms with Crippen LogP contribution in [0.3, 0.4) is 0 Å². The largest absolute Gasteiger partial charge is 0.462 e. The number of carbonyl (C=O) groups excluding carboxylic acids is 1. The fourth-order valence-electron chi connectivity index (χ4n) is 3.75. The molecule has 1 heterocycles. The average Bonchev–Trinajstić information content (AvgIpc) is 3.30. The van der Waals surface area contributed by atoms with Crippen molar-refractivity contribution >= 4 is 17.4 Å². The number of carbonyl (C=O) groups is 1. The van der Waals surface area contributed by atoms with Crippen molar-refractivity contribution < 1.29 is 13.9 Å². The molecule has 0 radical (unpaired) electrons. The van der Waals surface area contributed by atoms with E-state index in [2.05, 4.69) is 6.07 Å². The molecular formula is C26H19FN4O2. The number of nitrogens with zero attached hydrogens (tertiary/aromatic N) is 4. The van der Waals surface area contributed by atoms with Crippen molar-refractivity contribution in [1.82, 2.24) is 0 Å². The Morgan fingerprint density at radius 2 is 1.76 bits per heavy atom. The van der Waals surface area contributed by atoms with Crippen LogP contribution in [0.15, 0.2) is 71.8 Å². The molecule has 1 atom stereocenters. The van der Waals surface area contributed by atoms with Crippen molar-refractivity contribution in [2.45, 2.75) is 19.4 Å². The Hall–Kier alpha value is -4.49. The van der Waals surface area contributed by atoms with Gasteiger partial charge in [0.25, 0.3) is 0 Å². The maximum absolute atomic E-state index is 13.5. The maximum atomic E-state index is 13.5. The number of rotatable bonds is 5. The van der Waals surface area contributed by atoms with Crippen molar-refractivity contribution in [2.24, 2.45) is 5.10 Å². The van der Waals surface area contributed by atoms with Crippen molar-refractivity contribution in [2.75, 3.05) is 11.6 Å². The quantitative estimate of drug-likeness (QED) is 0.517. The van der Waals surface area contributed by atoms with Crippen LogP contribution in [-0.2, 0) is 4.74 Å². The van der Waals surface area contributed by atoms with E-state index in [1.165, 1.54) is 12.1 Å². The van der Waals surface area contributed by atoms with Gasteiger partial charge in [-0.2, -0.15) is 15.6 Å². The first kappa shape index (κ1) is 21.7. The molecule has 3 aromatic rings. The zero-order valence-electron chi connectivity index (χ0n) is 17.8. The molecule has 0 aliphatic carbocycles. The topological polar surface area (TPSA) is 89.5 Å². The van der Waals surface area contributed by atoms with Gasteiger partial charge in [-0.1, -0.05) is 24.3 Å². The predicted molar refractivity (Wildman–Crippen MR) is 121 cm³/mol. The summed E-state index contributed by atoms with van der Waals surface area (Å²) in [5.74, 6) is -0.714. The van der Waals surface area contributed by atoms with Gasteiger partial charge in [0.15, 0.2) is 0 Å². The van der Waals surface area contributed by atoms with E-state index in [9.17, 15) is 19.7 Å². The molecule has 0 saturated carbocycles. The lowest BCUT2D eigenvalue weighted by molar-refractivity contribution is 0.0526. The first-order valence-corrected chi connectivity index (χ1v) is 10.4. The summed E-state index contributed by atoms with van der Waals surface area (Å²) in [5, 5.41) is 25.3. The van der Waals surface area contributed by atoms with E-state index in [4.69, 9.17) is 9.84 Å². The van der Waals surface area contributed by atoms with Crippen molar-refractivity contribution in [3.05, 3.63) is 100 Å². The van der Waals surface area contributed by atoms with Crippen LogP contribution in [0.5, 0.6) is 0 Å². The summed E-state index contributed by atoms with van der Waals surface area (Å²) in [5.41, 5.74) is 4.14. The van der Waals surface area contributed by atoms with Gasteiger partial charge in [-0.05, 0) is 60.5 Å². The van der Waals surface area contributed by atoms with E-state index in [0.717, 1.165) is 16.8 Å². The number of hydrogen-bond acceptors (Lipinski definition) is 6. The van der Waals surface area contributed by atoms with E-state index < -0.39 is 0 Å². The molecule has 4 rings (SSSR count). The molecule has 1 unspecified atom stereocenters. The molecule has 0 spiro atoms. The van der Waals surface area contributed by atoms with Gasteiger partial charge in [0.1, 0.15) is 18.0 Å². The summed E-state index contributed by atoms with van der Waals surface area (Å²) in [7, 11) is 0. The molecule has 33 heavy (non-hydrogen) atoms. The third-order valence-electron chi connectivity index (χ3n) is 5.40. The number of ether oxygens (including phenoxy) is 1. The number of anilines is 1. The smallest absolute Gasteiger partial charge is 0.338 e. The number of esters is 1. The molecule has 6 nitrogen and oxygen atoms in total. The molecule has 1 aliphatic heterocycles. The first-order valence-electron chi connectivity index (χ1n) is 10.4. The highest BCUT2D eigenvalue weighted by molar-refractivity contribution is 6.04. The molecule has 0 N–H and O–H groups in total. The standard InChI is InChI=1S/C26H19FN4O2/c1-2-33-26(32)19-5-3-17(4-6-19)24-14-25(18-7-10-22(27)11-8-18)31(30-24)23-12-9-20(15-28)21(13-23)16-29/h3-13,25H,2,14H2,1H3. The second kappa shape index (κ2) is 9.33. The second-order valence-electron chi connectivity index (χ2n) is 7.41. The maximum Gasteiger partial charge on any atom is 0.338 e. The minimum atomic E-state index is -0.384. The molecule has 3 aromatic carbocycles. The molecule has 0 aromatic heterocycles. The Bertz CT molecular complexity index is 1300. The van der Waals surface area contributed by atoms with Crippen LogP contribution in [0.4, 0.5) is 10.1 Å². The fourth-order valence-corrected chi connectivity index (χ4v) is 3.75. The lowest BCUT2D eigenvalue weighted by Gasteiger charge is -2.24. The van der Waals surface area contributed by atoms with Crippen molar-refractivity contribution in [3.8, 4) is 12.1 Å². The van der Waals surface area contributed by atoms with Crippen LogP contribution >= 0.6 is 0 Å². The van der Waals surface area contributed by atoms with Gasteiger partial charge >= 0.3 is 5.97 Å². The zero-order chi connectivity index (χ0) is 23.4. The summed E-state index contributed by atoms with van der Waals surface area (Å²) in [6, 6.07) is 22.1. The molecule has 162 valence electrons. The highest BCUT2D eigenvalue weighted by atomic mass is 19.1. The first-order chi connectivity index (χ1) is 16.0. The molecule has 7 heteroatoms. The van der Waals surface area contributed by atoms with E-state index in [0.29, 0.717) is 24.3 Å². The molecule has 0 amide bonds. The fraction of sp³-hybridized carbons (Fsp3) is 0.154. The normalized spacial score (nSPS) is 14.8. The van der Waals surface area contributed by atoms with Crippen LogP contribution in [0.1, 0.15) is 52.0 Å². The van der Waals surface area contributed by atoms with Gasteiger partial charge in [0, 0.05) is 6.42 Å². The lowest BCUT2D eigenvalue weighted by Crippen LogP contribution is -2.18. The van der Waals surface area contributed by atoms with E-state index in [1.54, 1.807) is 54.4 Å². The molecule has 0 saturated heterocycles. The zero-order valence-corrected chi connectivity index (χ0v) is 17.8. The third kappa shape index (κ3) is 4.44. The Kier molecular flexibility index (Phi) is 6.15. The average molecular weight is 438 g/mol. The highest BCUT2D eigenvalue weighted by Gasteiger charge is 2.30. The van der Waals surface area contributed by atoms with Crippen LogP contribution in [0.25, 0.3) is 0 Å². The lowest BCUT2D eigenvalue weighted by atomic mass is 9.97. The van der Waals surface area contributed by atoms with E-state index in [1.807, 2.05) is 18.2 Å². The number of hydrazone groups is 1. The monoisotopic (exact) mass is 438 g/mol. The van der Waals surface area contributed by atoms with Gasteiger partial charge < -0.3 is 4.74 Å². The summed E-state index contributed by atoms with van der Waals surface area (Å²) in [6.07, 6.45) is 0.534. The number of nitriles is 2. The molecule has 1 aliphatic rings. The summed E-state index contributed by atoms with van der Waals surface area (Å²) >= 11 is 0. The second-order valence-corrected chi connectivity index (χ2v) is 7.41. The highest BCUT2D eigenvalue weighted by Crippen LogP contribution is 2.37. The van der Waals surface area contributed by atoms with Crippen molar-refractivity contribution in [1.29, 1.82) is 10.5 Å². The summed E-state index contributed by atoms with van der Waals surface area (Å²) < 4.78 is 18.6. The number of hydrogen-bond donors (Lipinski definition) is 0. The molecular weight excluding hydrogens is 419 g/mol. The van der Waals surface area contributed by atoms with E-state index in [-0.39, 0.29) is 29.0 Å². The Morgan fingerprint density at radius 3 is 2.39 bits per heavy atom. The minimum absolute atomic E-state index is 0.232. The van der Waals surface area contributed by atoms with Gasteiger partial charge in [-0.3, -0.25) is 5.01 Å². The molecule has 0 bridgehead atoms. The van der Waals surface area contributed by atoms with Crippen LogP contribution in [0, 0.1) is 28.5 Å². The Labute approximate surface area is 190 Å². The minimum Gasteiger partial charge on any atom is -0.462 e. The third-order valence-corrected chi connectivity index (χ3v) is 5.40. The van der Waals surface area contributed by atoms with Gasteiger partial charge in [-0.25, -0.2) is 9.18 Å². The summed E-state index contributed by atoms with van der Waals surface area (Å²) in [4.78, 5) is 12.0. The van der Waals surface area contributed by atoms with Crippen LogP contribution in [-0.4, -0.2) is 18.3 Å². The predicted octanol–water partition coefficient (Wildman–Crippen LogP) is 5.10. The number of halogens is 1. The Morgan fingerprint density at radius 1 is 1.06 bits per heavy atom. The summed E-state index contributed by atoms with van der Waals surface area (Å²) in [6.45, 7) is 2.06. The number of benzene rings is 3. The van der Waals surface area contributed by atoms with Gasteiger partial charge in [0.2, 0.25) is 0 Å². The van der Waals surface area contributed by atoms with Crippen LogP contribution in [0.2, 0.25) is 0 Å².